The van der Waals surface area contributed by atoms with Crippen molar-refractivity contribution in [3.05, 3.63) is 30.1 Å². The molecule has 15 heavy (non-hydrogen) atoms. The first kappa shape index (κ1) is 10.1. The summed E-state index contributed by atoms with van der Waals surface area (Å²) in [7, 11) is 3.62. The van der Waals surface area contributed by atoms with E-state index in [0.29, 0.717) is 0 Å². The average molecular weight is 205 g/mol. The Kier molecular flexibility index (Phi) is 2.44. The van der Waals surface area contributed by atoms with Gasteiger partial charge in [-0.2, -0.15) is 0 Å². The standard InChI is InChI=1S/C11H15N3O/c1-14(2)13-10(15)11(6-7-11)9-5-3-4-8-12-9/h3-5,8H,6-7H2,1-2H3,(H,13,15). The molecule has 2 rings (SSSR count). The Balaban J connectivity index is 2.18. The van der Waals surface area contributed by atoms with Crippen LogP contribution in [0, 0.1) is 0 Å². The smallest absolute Gasteiger partial charge is 0.246 e. The van der Waals surface area contributed by atoms with Gasteiger partial charge in [-0.05, 0) is 25.0 Å². The van der Waals surface area contributed by atoms with Crippen LogP contribution in [0.5, 0.6) is 0 Å². The number of aromatic nitrogens is 1. The molecule has 1 aromatic heterocycles. The number of pyridine rings is 1. The minimum absolute atomic E-state index is 0.0474. The molecular weight excluding hydrogens is 190 g/mol. The maximum absolute atomic E-state index is 11.9. The highest BCUT2D eigenvalue weighted by Crippen LogP contribution is 2.47. The fraction of sp³-hybridized carbons (Fsp3) is 0.455. The molecule has 4 nitrogen and oxygen atoms in total. The van der Waals surface area contributed by atoms with Gasteiger partial charge in [0.05, 0.1) is 11.1 Å². The van der Waals surface area contributed by atoms with Crippen LogP contribution >= 0.6 is 0 Å². The average Bonchev–Trinajstić information content (AvgIpc) is 2.99. The van der Waals surface area contributed by atoms with Crippen LogP contribution in [-0.4, -0.2) is 30.0 Å². The van der Waals surface area contributed by atoms with Crippen LogP contribution in [0.3, 0.4) is 0 Å². The van der Waals surface area contributed by atoms with E-state index in [1.54, 1.807) is 11.2 Å². The zero-order chi connectivity index (χ0) is 10.9. The number of nitrogens with one attached hydrogen (secondary N) is 1. The van der Waals surface area contributed by atoms with Crippen LogP contribution in [0.2, 0.25) is 0 Å². The molecule has 1 aliphatic rings. The van der Waals surface area contributed by atoms with Crippen molar-refractivity contribution in [3.63, 3.8) is 0 Å². The van der Waals surface area contributed by atoms with E-state index in [9.17, 15) is 4.79 Å². The predicted molar refractivity (Wildman–Crippen MR) is 57.0 cm³/mol. The number of rotatable bonds is 3. The van der Waals surface area contributed by atoms with Gasteiger partial charge < -0.3 is 0 Å². The molecule has 1 fully saturated rings. The molecule has 4 heteroatoms. The number of hydrogen-bond acceptors (Lipinski definition) is 3. The van der Waals surface area contributed by atoms with Crippen molar-refractivity contribution in [1.29, 1.82) is 0 Å². The van der Waals surface area contributed by atoms with E-state index < -0.39 is 0 Å². The lowest BCUT2D eigenvalue weighted by Gasteiger charge is -2.18. The highest BCUT2D eigenvalue weighted by molar-refractivity contribution is 5.90. The van der Waals surface area contributed by atoms with E-state index in [1.165, 1.54) is 0 Å². The number of hydrazine groups is 1. The first-order chi connectivity index (χ1) is 7.15. The van der Waals surface area contributed by atoms with E-state index in [-0.39, 0.29) is 11.3 Å². The summed E-state index contributed by atoms with van der Waals surface area (Å²) >= 11 is 0. The third kappa shape index (κ3) is 1.85. The molecule has 0 spiro atoms. The molecule has 1 aliphatic carbocycles. The summed E-state index contributed by atoms with van der Waals surface area (Å²) < 4.78 is 0. The number of amides is 1. The van der Waals surface area contributed by atoms with Crippen molar-refractivity contribution in [2.75, 3.05) is 14.1 Å². The van der Waals surface area contributed by atoms with Crippen molar-refractivity contribution in [2.45, 2.75) is 18.3 Å². The third-order valence-corrected chi connectivity index (χ3v) is 2.66. The lowest BCUT2D eigenvalue weighted by molar-refractivity contribution is -0.127. The Labute approximate surface area is 89.3 Å². The van der Waals surface area contributed by atoms with Gasteiger partial charge >= 0.3 is 0 Å². The maximum atomic E-state index is 11.9. The molecule has 0 aromatic carbocycles. The first-order valence-electron chi connectivity index (χ1n) is 5.05. The molecule has 0 saturated heterocycles. The maximum Gasteiger partial charge on any atom is 0.246 e. The summed E-state index contributed by atoms with van der Waals surface area (Å²) in [6.07, 6.45) is 3.52. The molecule has 0 atom stereocenters. The van der Waals surface area contributed by atoms with Crippen molar-refractivity contribution >= 4 is 5.91 Å². The Morgan fingerprint density at radius 2 is 2.20 bits per heavy atom. The zero-order valence-corrected chi connectivity index (χ0v) is 9.03. The number of nitrogens with zero attached hydrogens (tertiary/aromatic N) is 2. The summed E-state index contributed by atoms with van der Waals surface area (Å²) in [5, 5.41) is 1.67. The molecule has 1 heterocycles. The third-order valence-electron chi connectivity index (χ3n) is 2.66. The lowest BCUT2D eigenvalue weighted by atomic mass is 10.0. The van der Waals surface area contributed by atoms with Gasteiger partial charge in [0, 0.05) is 20.3 Å². The van der Waals surface area contributed by atoms with Crippen LogP contribution in [0.4, 0.5) is 0 Å². The van der Waals surface area contributed by atoms with Crippen LogP contribution in [0.15, 0.2) is 24.4 Å². The summed E-state index contributed by atoms with van der Waals surface area (Å²) in [4.78, 5) is 16.2. The van der Waals surface area contributed by atoms with Crippen molar-refractivity contribution in [2.24, 2.45) is 0 Å². The Hall–Kier alpha value is -1.42. The van der Waals surface area contributed by atoms with Crippen LogP contribution < -0.4 is 5.43 Å². The SMILES string of the molecule is CN(C)NC(=O)C1(c2ccccn2)CC1. The van der Waals surface area contributed by atoms with Gasteiger partial charge in [0.1, 0.15) is 0 Å². The molecule has 0 unspecified atom stereocenters. The minimum atomic E-state index is -0.370. The van der Waals surface area contributed by atoms with Crippen molar-refractivity contribution in [1.82, 2.24) is 15.4 Å². The predicted octanol–water partition coefficient (Wildman–Crippen LogP) is 0.706. The Morgan fingerprint density at radius 1 is 1.47 bits per heavy atom. The molecule has 80 valence electrons. The topological polar surface area (TPSA) is 45.2 Å². The van der Waals surface area contributed by atoms with Crippen molar-refractivity contribution < 1.29 is 4.79 Å². The van der Waals surface area contributed by atoms with E-state index in [4.69, 9.17) is 0 Å². The highest BCUT2D eigenvalue weighted by Gasteiger charge is 2.52. The van der Waals surface area contributed by atoms with Gasteiger partial charge in [-0.3, -0.25) is 15.2 Å². The lowest BCUT2D eigenvalue weighted by Crippen LogP contribution is -2.43. The molecule has 1 saturated carbocycles. The van der Waals surface area contributed by atoms with E-state index >= 15 is 0 Å². The number of carbonyl (C=O) groups is 1. The van der Waals surface area contributed by atoms with Crippen LogP contribution in [0.25, 0.3) is 0 Å². The molecule has 0 aliphatic heterocycles. The largest absolute Gasteiger partial charge is 0.289 e. The number of hydrogen-bond donors (Lipinski definition) is 1. The molecule has 0 radical (unpaired) electrons. The fourth-order valence-electron chi connectivity index (χ4n) is 1.68. The van der Waals surface area contributed by atoms with Gasteiger partial charge in [0.15, 0.2) is 0 Å². The summed E-state index contributed by atoms with van der Waals surface area (Å²) in [5.41, 5.74) is 3.31. The molecule has 1 amide bonds. The second-order valence-corrected chi connectivity index (χ2v) is 4.13. The van der Waals surface area contributed by atoms with Gasteiger partial charge in [0.25, 0.3) is 0 Å². The quantitative estimate of drug-likeness (QED) is 0.739. The second-order valence-electron chi connectivity index (χ2n) is 4.13. The van der Waals surface area contributed by atoms with Crippen LogP contribution in [0.1, 0.15) is 18.5 Å². The Morgan fingerprint density at radius 3 is 2.67 bits per heavy atom. The normalized spacial score (nSPS) is 17.5. The first-order valence-corrected chi connectivity index (χ1v) is 5.05. The van der Waals surface area contributed by atoms with E-state index in [1.807, 2.05) is 32.3 Å². The second kappa shape index (κ2) is 3.62. The minimum Gasteiger partial charge on any atom is -0.289 e. The highest BCUT2D eigenvalue weighted by atomic mass is 16.2. The van der Waals surface area contributed by atoms with Gasteiger partial charge in [0.2, 0.25) is 5.91 Å². The molecule has 1 aromatic rings. The van der Waals surface area contributed by atoms with E-state index in [2.05, 4.69) is 10.4 Å². The van der Waals surface area contributed by atoms with Crippen LogP contribution in [-0.2, 0) is 10.2 Å². The van der Waals surface area contributed by atoms with Gasteiger partial charge in [-0.1, -0.05) is 6.07 Å². The summed E-state index contributed by atoms with van der Waals surface area (Å²) in [5.74, 6) is 0.0474. The van der Waals surface area contributed by atoms with E-state index in [0.717, 1.165) is 18.5 Å². The van der Waals surface area contributed by atoms with Gasteiger partial charge in [-0.15, -0.1) is 0 Å². The van der Waals surface area contributed by atoms with Gasteiger partial charge in [-0.25, -0.2) is 5.01 Å². The monoisotopic (exact) mass is 205 g/mol. The Bertz CT molecular complexity index is 357. The summed E-state index contributed by atoms with van der Waals surface area (Å²) in [6, 6.07) is 5.71. The molecule has 0 bridgehead atoms. The molecule has 1 N–H and O–H groups in total. The van der Waals surface area contributed by atoms with Crippen molar-refractivity contribution in [3.8, 4) is 0 Å². The fourth-order valence-corrected chi connectivity index (χ4v) is 1.68. The summed E-state index contributed by atoms with van der Waals surface area (Å²) in [6.45, 7) is 0. The zero-order valence-electron chi connectivity index (χ0n) is 9.03. The molecular formula is C11H15N3O. The number of carbonyl (C=O) groups excluding carboxylic acids is 1.